The van der Waals surface area contributed by atoms with Gasteiger partial charge in [-0.2, -0.15) is 5.10 Å². The lowest BCUT2D eigenvalue weighted by Gasteiger charge is -2.41. The maximum atomic E-state index is 14.4. The number of halogens is 2. The summed E-state index contributed by atoms with van der Waals surface area (Å²) >= 11 is 5.99. The summed E-state index contributed by atoms with van der Waals surface area (Å²) in [4.78, 5) is 20.8. The van der Waals surface area contributed by atoms with E-state index in [0.717, 1.165) is 11.0 Å². The van der Waals surface area contributed by atoms with E-state index in [0.29, 0.717) is 31.1 Å². The van der Waals surface area contributed by atoms with E-state index in [9.17, 15) is 9.18 Å². The zero-order chi connectivity index (χ0) is 20.5. The van der Waals surface area contributed by atoms with Gasteiger partial charge in [-0.05, 0) is 25.1 Å². The van der Waals surface area contributed by atoms with E-state index in [1.807, 2.05) is 24.0 Å². The molecule has 7 nitrogen and oxygen atoms in total. The Bertz CT molecular complexity index is 1020. The van der Waals surface area contributed by atoms with Crippen molar-refractivity contribution in [2.24, 2.45) is 0 Å². The molecule has 1 amide bonds. The van der Waals surface area contributed by atoms with Crippen LogP contribution in [-0.4, -0.2) is 58.4 Å². The first-order valence-corrected chi connectivity index (χ1v) is 9.69. The van der Waals surface area contributed by atoms with E-state index in [1.165, 1.54) is 13.2 Å². The maximum Gasteiger partial charge on any atom is 0.244 e. The molecule has 9 heteroatoms. The van der Waals surface area contributed by atoms with Gasteiger partial charge in [0.25, 0.3) is 0 Å². The molecule has 0 bridgehead atoms. The smallest absolute Gasteiger partial charge is 0.244 e. The Morgan fingerprint density at radius 1 is 1.34 bits per heavy atom. The summed E-state index contributed by atoms with van der Waals surface area (Å²) < 4.78 is 21.3. The van der Waals surface area contributed by atoms with E-state index in [4.69, 9.17) is 16.3 Å². The highest BCUT2D eigenvalue weighted by Gasteiger charge is 2.29. The highest BCUT2D eigenvalue weighted by molar-refractivity contribution is 6.32. The molecule has 1 atom stereocenters. The Morgan fingerprint density at radius 2 is 2.17 bits per heavy atom. The van der Waals surface area contributed by atoms with Gasteiger partial charge in [-0.25, -0.2) is 4.39 Å². The summed E-state index contributed by atoms with van der Waals surface area (Å²) in [6, 6.07) is 6.45. The van der Waals surface area contributed by atoms with Crippen molar-refractivity contribution in [2.45, 2.75) is 19.5 Å². The van der Waals surface area contributed by atoms with Gasteiger partial charge in [0, 0.05) is 37.9 Å². The number of ether oxygens (including phenoxy) is 1. The van der Waals surface area contributed by atoms with Gasteiger partial charge in [-0.15, -0.1) is 0 Å². The Balaban J connectivity index is 1.45. The second-order valence-corrected chi connectivity index (χ2v) is 7.46. The molecule has 0 N–H and O–H groups in total. The van der Waals surface area contributed by atoms with E-state index < -0.39 is 5.82 Å². The average molecular weight is 418 g/mol. The first-order chi connectivity index (χ1) is 14.0. The van der Waals surface area contributed by atoms with Crippen LogP contribution in [0, 0.1) is 5.82 Å². The van der Waals surface area contributed by atoms with Crippen LogP contribution >= 0.6 is 11.6 Å². The predicted molar refractivity (Wildman–Crippen MR) is 109 cm³/mol. The minimum atomic E-state index is -0.404. The lowest BCUT2D eigenvalue weighted by molar-refractivity contribution is -0.134. The molecule has 1 aliphatic heterocycles. The Morgan fingerprint density at radius 3 is 2.90 bits per heavy atom. The first-order valence-electron chi connectivity index (χ1n) is 9.32. The number of nitrogens with zero attached hydrogens (tertiary/aromatic N) is 5. The highest BCUT2D eigenvalue weighted by atomic mass is 35.5. The molecule has 1 saturated heterocycles. The van der Waals surface area contributed by atoms with Crippen LogP contribution in [-0.2, 0) is 11.3 Å². The highest BCUT2D eigenvalue weighted by Crippen LogP contribution is 2.33. The van der Waals surface area contributed by atoms with Crippen LogP contribution in [0.5, 0.6) is 5.75 Å². The largest absolute Gasteiger partial charge is 0.495 e. The van der Waals surface area contributed by atoms with Crippen LogP contribution < -0.4 is 9.64 Å². The van der Waals surface area contributed by atoms with Gasteiger partial charge < -0.3 is 14.5 Å². The van der Waals surface area contributed by atoms with Crippen molar-refractivity contribution in [3.63, 3.8) is 0 Å². The number of fused-ring (bicyclic) bond motifs is 1. The number of rotatable bonds is 4. The molecule has 1 aliphatic rings. The third-order valence-electron chi connectivity index (χ3n) is 5.13. The Labute approximate surface area is 172 Å². The number of hydrogen-bond donors (Lipinski definition) is 0. The summed E-state index contributed by atoms with van der Waals surface area (Å²) in [5.41, 5.74) is 1.94. The standard InChI is InChI=1S/C20H21ClFN5O2/c1-13-10-25(18-9-19(29-2)14(21)8-15(18)22)6-7-27(13)20(28)12-26-11-17-16(24-26)4-3-5-23-17/h3-5,8-9,11,13H,6-7,10,12H2,1-2H3/t13-/m0/s1. The van der Waals surface area contributed by atoms with Crippen molar-refractivity contribution in [3.05, 3.63) is 47.5 Å². The van der Waals surface area contributed by atoms with Crippen LogP contribution in [0.1, 0.15) is 6.92 Å². The van der Waals surface area contributed by atoms with Gasteiger partial charge >= 0.3 is 0 Å². The van der Waals surface area contributed by atoms with E-state index in [1.54, 1.807) is 28.0 Å². The lowest BCUT2D eigenvalue weighted by Crippen LogP contribution is -2.55. The van der Waals surface area contributed by atoms with Crippen molar-refractivity contribution < 1.29 is 13.9 Å². The predicted octanol–water partition coefficient (Wildman–Crippen LogP) is 2.97. The van der Waals surface area contributed by atoms with Crippen molar-refractivity contribution in [3.8, 4) is 5.75 Å². The van der Waals surface area contributed by atoms with Gasteiger partial charge in [-0.1, -0.05) is 11.6 Å². The molecule has 3 heterocycles. The van der Waals surface area contributed by atoms with Crippen molar-refractivity contribution >= 4 is 34.2 Å². The van der Waals surface area contributed by atoms with Gasteiger partial charge in [0.2, 0.25) is 5.91 Å². The molecule has 29 heavy (non-hydrogen) atoms. The topological polar surface area (TPSA) is 63.5 Å². The lowest BCUT2D eigenvalue weighted by atomic mass is 10.1. The number of hydrogen-bond acceptors (Lipinski definition) is 5. The molecule has 2 aromatic heterocycles. The number of carbonyl (C=O) groups excluding carboxylic acids is 1. The molecule has 152 valence electrons. The van der Waals surface area contributed by atoms with Crippen molar-refractivity contribution in [1.82, 2.24) is 19.7 Å². The molecule has 0 spiro atoms. The summed E-state index contributed by atoms with van der Waals surface area (Å²) in [6.07, 6.45) is 3.46. The van der Waals surface area contributed by atoms with Gasteiger partial charge in [0.05, 0.1) is 24.0 Å². The molecule has 4 rings (SSSR count). The Kier molecular flexibility index (Phi) is 5.27. The number of aromatic nitrogens is 3. The molecule has 1 aromatic carbocycles. The Hall–Kier alpha value is -2.87. The van der Waals surface area contributed by atoms with Crippen molar-refractivity contribution in [2.75, 3.05) is 31.6 Å². The summed E-state index contributed by atoms with van der Waals surface area (Å²) in [5, 5.41) is 4.63. The molecule has 1 fully saturated rings. The third-order valence-corrected chi connectivity index (χ3v) is 5.43. The van der Waals surface area contributed by atoms with Crippen LogP contribution in [0.25, 0.3) is 11.0 Å². The minimum Gasteiger partial charge on any atom is -0.495 e. The number of anilines is 1. The number of amides is 1. The van der Waals surface area contributed by atoms with Crippen molar-refractivity contribution in [1.29, 1.82) is 0 Å². The van der Waals surface area contributed by atoms with Crippen LogP contribution in [0.4, 0.5) is 10.1 Å². The van der Waals surface area contributed by atoms with Gasteiger partial charge in [0.1, 0.15) is 29.1 Å². The number of carbonyl (C=O) groups is 1. The molecule has 0 unspecified atom stereocenters. The monoisotopic (exact) mass is 417 g/mol. The summed E-state index contributed by atoms with van der Waals surface area (Å²) in [6.45, 7) is 3.61. The second-order valence-electron chi connectivity index (χ2n) is 7.05. The van der Waals surface area contributed by atoms with Gasteiger partial charge in [0.15, 0.2) is 0 Å². The number of methoxy groups -OCH3 is 1. The normalized spacial score (nSPS) is 17.0. The fourth-order valence-corrected chi connectivity index (χ4v) is 3.90. The fourth-order valence-electron chi connectivity index (χ4n) is 3.68. The van der Waals surface area contributed by atoms with E-state index >= 15 is 0 Å². The second kappa shape index (κ2) is 7.87. The van der Waals surface area contributed by atoms with Gasteiger partial charge in [-0.3, -0.25) is 14.5 Å². The summed E-state index contributed by atoms with van der Waals surface area (Å²) in [7, 11) is 1.50. The molecule has 3 aromatic rings. The number of benzene rings is 1. The zero-order valence-corrected chi connectivity index (χ0v) is 16.9. The van der Waals surface area contributed by atoms with Crippen LogP contribution in [0.15, 0.2) is 36.7 Å². The number of pyridine rings is 1. The number of piperazine rings is 1. The van der Waals surface area contributed by atoms with E-state index in [2.05, 4.69) is 10.1 Å². The molecule has 0 aliphatic carbocycles. The molecule has 0 saturated carbocycles. The average Bonchev–Trinajstić information content (AvgIpc) is 3.10. The third kappa shape index (κ3) is 3.85. The molecular weight excluding hydrogens is 397 g/mol. The molecular formula is C20H21ClFN5O2. The van der Waals surface area contributed by atoms with E-state index in [-0.39, 0.29) is 23.5 Å². The fraction of sp³-hybridized carbons (Fsp3) is 0.350. The SMILES string of the molecule is COc1cc(N2CCN(C(=O)Cn3cc4ncccc4n3)[C@@H](C)C2)c(F)cc1Cl. The van der Waals surface area contributed by atoms with Crippen LogP contribution in [0.3, 0.4) is 0 Å². The first kappa shape index (κ1) is 19.4. The minimum absolute atomic E-state index is 0.0286. The van der Waals surface area contributed by atoms with Crippen LogP contribution in [0.2, 0.25) is 5.02 Å². The summed E-state index contributed by atoms with van der Waals surface area (Å²) in [5.74, 6) is -0.00814. The zero-order valence-electron chi connectivity index (χ0n) is 16.2. The molecule has 0 radical (unpaired) electrons. The maximum absolute atomic E-state index is 14.4. The quantitative estimate of drug-likeness (QED) is 0.653.